The zero-order chi connectivity index (χ0) is 21.0. The first-order chi connectivity index (χ1) is 15.3. The summed E-state index contributed by atoms with van der Waals surface area (Å²) in [6.45, 7) is 5.35. The molecule has 31 heavy (non-hydrogen) atoms. The first-order valence-electron chi connectivity index (χ1n) is 11.0. The highest BCUT2D eigenvalue weighted by Crippen LogP contribution is 2.27. The SMILES string of the molecule is O=C1COCCCN1CCN1CCC(c2nnc3ccc(-c4cccnc4)nn23)CC1. The van der Waals surface area contributed by atoms with Gasteiger partial charge in [0, 0.05) is 50.1 Å². The fourth-order valence-corrected chi connectivity index (χ4v) is 4.37. The molecular weight excluding hydrogens is 394 g/mol. The number of ether oxygens (including phenoxy) is 1. The Labute approximate surface area is 181 Å². The van der Waals surface area contributed by atoms with E-state index in [9.17, 15) is 4.79 Å². The lowest BCUT2D eigenvalue weighted by Crippen LogP contribution is -2.42. The molecule has 2 aliphatic heterocycles. The van der Waals surface area contributed by atoms with Gasteiger partial charge in [0.25, 0.3) is 0 Å². The molecule has 0 atom stereocenters. The zero-order valence-corrected chi connectivity index (χ0v) is 17.6. The lowest BCUT2D eigenvalue weighted by atomic mass is 9.96. The number of carbonyl (C=O) groups is 1. The maximum absolute atomic E-state index is 12.1. The van der Waals surface area contributed by atoms with Gasteiger partial charge in [0.15, 0.2) is 11.5 Å². The number of hydrogen-bond acceptors (Lipinski definition) is 7. The summed E-state index contributed by atoms with van der Waals surface area (Å²) in [5.41, 5.74) is 2.62. The summed E-state index contributed by atoms with van der Waals surface area (Å²) in [6, 6.07) is 7.84. The van der Waals surface area contributed by atoms with Crippen molar-refractivity contribution in [2.24, 2.45) is 0 Å². The van der Waals surface area contributed by atoms with Crippen molar-refractivity contribution in [3.05, 3.63) is 42.5 Å². The minimum absolute atomic E-state index is 0.109. The van der Waals surface area contributed by atoms with Crippen LogP contribution >= 0.6 is 0 Å². The van der Waals surface area contributed by atoms with Gasteiger partial charge in [-0.2, -0.15) is 9.61 Å². The molecule has 2 aliphatic rings. The van der Waals surface area contributed by atoms with Gasteiger partial charge >= 0.3 is 0 Å². The minimum Gasteiger partial charge on any atom is -0.372 e. The molecule has 2 fully saturated rings. The van der Waals surface area contributed by atoms with Crippen molar-refractivity contribution in [2.45, 2.75) is 25.2 Å². The van der Waals surface area contributed by atoms with E-state index in [1.165, 1.54) is 0 Å². The smallest absolute Gasteiger partial charge is 0.248 e. The van der Waals surface area contributed by atoms with Gasteiger partial charge in [-0.3, -0.25) is 9.78 Å². The van der Waals surface area contributed by atoms with Crippen molar-refractivity contribution in [3.63, 3.8) is 0 Å². The quantitative estimate of drug-likeness (QED) is 0.618. The van der Waals surface area contributed by atoms with Gasteiger partial charge in [-0.1, -0.05) is 0 Å². The van der Waals surface area contributed by atoms with Crippen molar-refractivity contribution in [2.75, 3.05) is 45.9 Å². The zero-order valence-electron chi connectivity index (χ0n) is 17.6. The Morgan fingerprint density at radius 3 is 2.81 bits per heavy atom. The molecule has 9 nitrogen and oxygen atoms in total. The van der Waals surface area contributed by atoms with E-state index in [2.05, 4.69) is 20.1 Å². The Kier molecular flexibility index (Phi) is 5.86. The van der Waals surface area contributed by atoms with Gasteiger partial charge in [-0.05, 0) is 56.6 Å². The van der Waals surface area contributed by atoms with E-state index in [1.54, 1.807) is 6.20 Å². The predicted molar refractivity (Wildman–Crippen MR) is 114 cm³/mol. The molecule has 5 heterocycles. The van der Waals surface area contributed by atoms with E-state index in [0.29, 0.717) is 12.5 Å². The highest BCUT2D eigenvalue weighted by molar-refractivity contribution is 5.77. The van der Waals surface area contributed by atoms with Crippen LogP contribution in [0.15, 0.2) is 36.7 Å². The van der Waals surface area contributed by atoms with E-state index >= 15 is 0 Å². The van der Waals surface area contributed by atoms with Crippen molar-refractivity contribution in [1.29, 1.82) is 0 Å². The summed E-state index contributed by atoms with van der Waals surface area (Å²) >= 11 is 0. The van der Waals surface area contributed by atoms with Crippen molar-refractivity contribution in [3.8, 4) is 11.3 Å². The molecule has 0 aliphatic carbocycles. The van der Waals surface area contributed by atoms with Gasteiger partial charge in [0.1, 0.15) is 6.61 Å². The normalized spacial score (nSPS) is 19.1. The fraction of sp³-hybridized carbons (Fsp3) is 0.500. The number of pyridine rings is 1. The summed E-state index contributed by atoms with van der Waals surface area (Å²) < 4.78 is 7.21. The van der Waals surface area contributed by atoms with E-state index in [4.69, 9.17) is 9.84 Å². The molecule has 0 aromatic carbocycles. The van der Waals surface area contributed by atoms with Crippen LogP contribution in [0.1, 0.15) is 31.0 Å². The van der Waals surface area contributed by atoms with Crippen LogP contribution < -0.4 is 0 Å². The van der Waals surface area contributed by atoms with Crippen LogP contribution in [0.4, 0.5) is 0 Å². The average molecular weight is 422 g/mol. The first-order valence-corrected chi connectivity index (χ1v) is 11.0. The molecule has 1 amide bonds. The van der Waals surface area contributed by atoms with Gasteiger partial charge in [0.05, 0.1) is 5.69 Å². The average Bonchev–Trinajstić information content (AvgIpc) is 3.13. The predicted octanol–water partition coefficient (Wildman–Crippen LogP) is 1.61. The lowest BCUT2D eigenvalue weighted by Gasteiger charge is -2.32. The van der Waals surface area contributed by atoms with Crippen molar-refractivity contribution >= 4 is 11.6 Å². The van der Waals surface area contributed by atoms with Crippen LogP contribution in [0.2, 0.25) is 0 Å². The third-order valence-electron chi connectivity index (χ3n) is 6.18. The van der Waals surface area contributed by atoms with Gasteiger partial charge < -0.3 is 14.5 Å². The van der Waals surface area contributed by atoms with Crippen LogP contribution in [0, 0.1) is 0 Å². The molecule has 0 spiro atoms. The van der Waals surface area contributed by atoms with Gasteiger partial charge in [-0.15, -0.1) is 10.2 Å². The lowest BCUT2D eigenvalue weighted by molar-refractivity contribution is -0.134. The molecule has 9 heteroatoms. The number of carbonyl (C=O) groups excluding carboxylic acids is 1. The third-order valence-corrected chi connectivity index (χ3v) is 6.18. The van der Waals surface area contributed by atoms with Crippen LogP contribution in [-0.2, 0) is 9.53 Å². The molecule has 162 valence electrons. The highest BCUT2D eigenvalue weighted by Gasteiger charge is 2.26. The summed E-state index contributed by atoms with van der Waals surface area (Å²) in [5.74, 6) is 1.37. The second-order valence-electron chi connectivity index (χ2n) is 8.19. The summed E-state index contributed by atoms with van der Waals surface area (Å²) in [7, 11) is 0. The third kappa shape index (κ3) is 4.42. The standard InChI is InChI=1S/C22H27N7O2/c30-21-16-31-14-2-9-28(21)13-12-27-10-6-17(7-11-27)22-25-24-20-5-4-19(26-29(20)22)18-3-1-8-23-15-18/h1,3-5,8,15,17H,2,6-7,9-14,16H2. The Hall–Kier alpha value is -2.91. The highest BCUT2D eigenvalue weighted by atomic mass is 16.5. The Morgan fingerprint density at radius 1 is 1.06 bits per heavy atom. The maximum Gasteiger partial charge on any atom is 0.248 e. The van der Waals surface area contributed by atoms with E-state index in [-0.39, 0.29) is 12.5 Å². The van der Waals surface area contributed by atoms with Crippen molar-refractivity contribution < 1.29 is 9.53 Å². The molecule has 5 rings (SSSR count). The second-order valence-corrected chi connectivity index (χ2v) is 8.19. The summed E-state index contributed by atoms with van der Waals surface area (Å²) in [4.78, 5) is 20.7. The van der Waals surface area contributed by atoms with E-state index < -0.39 is 0 Å². The molecule has 0 radical (unpaired) electrons. The number of piperidine rings is 1. The monoisotopic (exact) mass is 421 g/mol. The largest absolute Gasteiger partial charge is 0.372 e. The van der Waals surface area contributed by atoms with Crippen LogP contribution in [-0.4, -0.2) is 86.4 Å². The molecular formula is C22H27N7O2. The Morgan fingerprint density at radius 2 is 1.97 bits per heavy atom. The summed E-state index contributed by atoms with van der Waals surface area (Å²) in [6.07, 6.45) is 6.52. The number of aromatic nitrogens is 5. The molecule has 3 aromatic heterocycles. The van der Waals surface area contributed by atoms with Crippen LogP contribution in [0.3, 0.4) is 0 Å². The number of nitrogens with zero attached hydrogens (tertiary/aromatic N) is 7. The minimum atomic E-state index is 0.109. The second kappa shape index (κ2) is 9.07. The molecule has 0 N–H and O–H groups in total. The summed E-state index contributed by atoms with van der Waals surface area (Å²) in [5, 5.41) is 13.6. The first kappa shape index (κ1) is 20.0. The maximum atomic E-state index is 12.1. The number of fused-ring (bicyclic) bond motifs is 1. The molecule has 3 aromatic rings. The Balaban J connectivity index is 1.23. The number of amides is 1. The molecule has 0 bridgehead atoms. The fourth-order valence-electron chi connectivity index (χ4n) is 4.37. The number of likely N-dealkylation sites (tertiary alicyclic amines) is 1. The van der Waals surface area contributed by atoms with E-state index in [1.807, 2.05) is 39.9 Å². The van der Waals surface area contributed by atoms with Gasteiger partial charge in [-0.25, -0.2) is 0 Å². The van der Waals surface area contributed by atoms with Gasteiger partial charge in [0.2, 0.25) is 5.91 Å². The van der Waals surface area contributed by atoms with Crippen LogP contribution in [0.5, 0.6) is 0 Å². The van der Waals surface area contributed by atoms with E-state index in [0.717, 1.165) is 74.7 Å². The topological polar surface area (TPSA) is 88.8 Å². The molecule has 0 unspecified atom stereocenters. The molecule has 2 saturated heterocycles. The number of hydrogen-bond donors (Lipinski definition) is 0. The Bertz CT molecular complexity index is 1030. The number of rotatable bonds is 5. The van der Waals surface area contributed by atoms with Crippen molar-refractivity contribution in [1.82, 2.24) is 34.6 Å². The molecule has 0 saturated carbocycles. The van der Waals surface area contributed by atoms with Crippen LogP contribution in [0.25, 0.3) is 16.9 Å².